The Morgan fingerprint density at radius 1 is 1.15 bits per heavy atom. The second-order valence-corrected chi connectivity index (χ2v) is 5.27. The van der Waals surface area contributed by atoms with Crippen LogP contribution >= 0.6 is 0 Å². The molecule has 0 saturated heterocycles. The minimum atomic E-state index is -4.98. The van der Waals surface area contributed by atoms with Crippen LogP contribution < -0.4 is 5.43 Å². The Balaban J connectivity index is 2.09. The van der Waals surface area contributed by atoms with Crippen LogP contribution in [0.15, 0.2) is 23.6 Å². The van der Waals surface area contributed by atoms with Crippen molar-refractivity contribution in [2.75, 3.05) is 0 Å². The van der Waals surface area contributed by atoms with Gasteiger partial charge in [-0.05, 0) is 13.0 Å². The van der Waals surface area contributed by atoms with E-state index in [2.05, 4.69) is 20.3 Å². The average Bonchev–Trinajstić information content (AvgIpc) is 3.03. The van der Waals surface area contributed by atoms with Gasteiger partial charge in [-0.2, -0.15) is 36.5 Å². The molecule has 0 radical (unpaired) electrons. The fourth-order valence-corrected chi connectivity index (χ4v) is 2.20. The predicted octanol–water partition coefficient (Wildman–Crippen LogP) is 2.53. The molecule has 8 nitrogen and oxygen atoms in total. The largest absolute Gasteiger partial charge is 0.439 e. The molecule has 3 heterocycles. The van der Waals surface area contributed by atoms with Gasteiger partial charge in [0, 0.05) is 11.8 Å². The molecule has 1 aliphatic rings. The Labute approximate surface area is 145 Å². The van der Waals surface area contributed by atoms with Crippen LogP contribution in [0.5, 0.6) is 0 Å². The van der Waals surface area contributed by atoms with Crippen LogP contribution in [0.25, 0.3) is 5.82 Å². The quantitative estimate of drug-likeness (QED) is 0.790. The van der Waals surface area contributed by atoms with Crippen LogP contribution in [-0.2, 0) is 17.1 Å². The Hall–Kier alpha value is -3.19. The number of halogens is 6. The van der Waals surface area contributed by atoms with E-state index >= 15 is 0 Å². The lowest BCUT2D eigenvalue weighted by Crippen LogP contribution is -2.37. The maximum absolute atomic E-state index is 13.4. The number of hydrogen-bond acceptors (Lipinski definition) is 6. The van der Waals surface area contributed by atoms with Crippen LogP contribution in [0.4, 0.5) is 31.1 Å². The maximum Gasteiger partial charge on any atom is 0.436 e. The molecule has 27 heavy (non-hydrogen) atoms. The number of pyridine rings is 1. The van der Waals surface area contributed by atoms with E-state index in [9.17, 15) is 31.1 Å². The molecule has 0 fully saturated rings. The maximum atomic E-state index is 13.4. The van der Waals surface area contributed by atoms with Crippen molar-refractivity contribution in [2.24, 2.45) is 5.10 Å². The third-order valence-electron chi connectivity index (χ3n) is 3.38. The number of hydrazone groups is 1. The van der Waals surface area contributed by atoms with Gasteiger partial charge in [-0.15, -0.1) is 9.90 Å². The summed E-state index contributed by atoms with van der Waals surface area (Å²) in [6.45, 7) is 1.38. The minimum Gasteiger partial charge on any atom is -0.439 e. The zero-order chi connectivity index (χ0) is 20.0. The van der Waals surface area contributed by atoms with Crippen molar-refractivity contribution >= 4 is 11.8 Å². The van der Waals surface area contributed by atoms with Gasteiger partial charge in [0.2, 0.25) is 0 Å². The summed E-state index contributed by atoms with van der Waals surface area (Å²) in [6, 6.07) is 0.606. The van der Waals surface area contributed by atoms with Crippen LogP contribution in [0.1, 0.15) is 23.7 Å². The molecule has 1 amide bonds. The Morgan fingerprint density at radius 3 is 2.41 bits per heavy atom. The van der Waals surface area contributed by atoms with Crippen molar-refractivity contribution < 1.29 is 35.9 Å². The first kappa shape index (κ1) is 18.6. The highest BCUT2D eigenvalue weighted by atomic mass is 19.4. The molecular weight excluding hydrogens is 386 g/mol. The number of carbonyl (C=O) groups is 1. The lowest BCUT2D eigenvalue weighted by molar-refractivity contribution is -0.141. The fourth-order valence-electron chi connectivity index (χ4n) is 2.20. The number of alkyl halides is 6. The van der Waals surface area contributed by atoms with Crippen molar-refractivity contribution in [3.63, 3.8) is 0 Å². The highest BCUT2D eigenvalue weighted by Gasteiger charge is 2.39. The first-order chi connectivity index (χ1) is 12.5. The molecule has 2 aromatic rings. The molecular formula is C13H8F6N6O2. The number of cyclic esters (lactones) is 1. The van der Waals surface area contributed by atoms with Gasteiger partial charge < -0.3 is 4.74 Å². The lowest BCUT2D eigenvalue weighted by Gasteiger charge is -2.21. The van der Waals surface area contributed by atoms with Crippen LogP contribution in [0, 0.1) is 0 Å². The summed E-state index contributed by atoms with van der Waals surface area (Å²) in [6.07, 6.45) is -10.5. The summed E-state index contributed by atoms with van der Waals surface area (Å²) in [5.41, 5.74) is -1.12. The zero-order valence-electron chi connectivity index (χ0n) is 13.1. The highest BCUT2D eigenvalue weighted by molar-refractivity contribution is 6.05. The molecule has 144 valence electrons. The van der Waals surface area contributed by atoms with Crippen molar-refractivity contribution in [3.05, 3.63) is 35.3 Å². The van der Waals surface area contributed by atoms with Gasteiger partial charge in [-0.3, -0.25) is 0 Å². The number of carbonyl (C=O) groups excluding carboxylic acids is 1. The molecule has 1 aliphatic heterocycles. The van der Waals surface area contributed by atoms with Gasteiger partial charge in [0.25, 0.3) is 0 Å². The van der Waals surface area contributed by atoms with E-state index < -0.39 is 41.6 Å². The van der Waals surface area contributed by atoms with Gasteiger partial charge >= 0.3 is 18.4 Å². The molecule has 14 heteroatoms. The first-order valence-electron chi connectivity index (χ1n) is 7.08. The topological polar surface area (TPSA) is 94.3 Å². The third kappa shape index (κ3) is 3.68. The van der Waals surface area contributed by atoms with E-state index in [0.717, 1.165) is 6.20 Å². The van der Waals surface area contributed by atoms with Crippen molar-refractivity contribution in [1.82, 2.24) is 25.4 Å². The van der Waals surface area contributed by atoms with Crippen LogP contribution in [-0.4, -0.2) is 37.9 Å². The standard InChI is InChI=1S/C13H8F6N6O2/c1-5-9(22-23-11(26)27-5)6-2-7(12(14,15)16)10(20-3-6)25-21-4-8(24-25)13(17,18)19/h2-5H,1H3,(H,23,26). The van der Waals surface area contributed by atoms with Gasteiger partial charge in [0.1, 0.15) is 17.4 Å². The molecule has 0 aromatic carbocycles. The van der Waals surface area contributed by atoms with E-state index in [0.29, 0.717) is 6.07 Å². The minimum absolute atomic E-state index is 0.0523. The predicted molar refractivity (Wildman–Crippen MR) is 74.8 cm³/mol. The van der Waals surface area contributed by atoms with E-state index in [-0.39, 0.29) is 22.3 Å². The average molecular weight is 394 g/mol. The second-order valence-electron chi connectivity index (χ2n) is 5.27. The molecule has 1 N–H and O–H groups in total. The van der Waals surface area contributed by atoms with E-state index in [1.165, 1.54) is 6.92 Å². The number of hydrogen-bond donors (Lipinski definition) is 1. The zero-order valence-corrected chi connectivity index (χ0v) is 13.1. The van der Waals surface area contributed by atoms with Crippen molar-refractivity contribution in [1.29, 1.82) is 0 Å². The lowest BCUT2D eigenvalue weighted by atomic mass is 10.1. The molecule has 0 aliphatic carbocycles. The Bertz CT molecular complexity index is 919. The van der Waals surface area contributed by atoms with Crippen LogP contribution in [0.2, 0.25) is 0 Å². The number of rotatable bonds is 2. The summed E-state index contributed by atoms with van der Waals surface area (Å²) >= 11 is 0. The van der Waals surface area contributed by atoms with Gasteiger partial charge in [-0.1, -0.05) is 0 Å². The van der Waals surface area contributed by atoms with Crippen LogP contribution in [0.3, 0.4) is 0 Å². The Kier molecular flexibility index (Phi) is 4.28. The first-order valence-corrected chi connectivity index (χ1v) is 7.08. The van der Waals surface area contributed by atoms with Gasteiger partial charge in [0.15, 0.2) is 11.5 Å². The second kappa shape index (κ2) is 6.21. The SMILES string of the molecule is CC1OC(=O)NN=C1c1cnc(-n2ncc(C(F)(F)F)n2)c(C(F)(F)F)c1. The smallest absolute Gasteiger partial charge is 0.436 e. The molecule has 3 rings (SSSR count). The summed E-state index contributed by atoms with van der Waals surface area (Å²) in [5, 5.41) is 9.83. The van der Waals surface area contributed by atoms with E-state index in [1.54, 1.807) is 0 Å². The molecule has 1 unspecified atom stereocenters. The molecule has 1 atom stereocenters. The van der Waals surface area contributed by atoms with E-state index in [4.69, 9.17) is 4.74 Å². The number of ether oxygens (including phenoxy) is 1. The fraction of sp³-hybridized carbons (Fsp3) is 0.308. The normalized spacial score (nSPS) is 18.0. The number of nitrogens with one attached hydrogen (secondary N) is 1. The third-order valence-corrected chi connectivity index (χ3v) is 3.38. The molecule has 0 bridgehead atoms. The number of amides is 1. The molecule has 0 saturated carbocycles. The number of nitrogens with zero attached hydrogens (tertiary/aromatic N) is 5. The highest BCUT2D eigenvalue weighted by Crippen LogP contribution is 2.34. The molecule has 2 aromatic heterocycles. The van der Waals surface area contributed by atoms with Crippen molar-refractivity contribution in [3.8, 4) is 5.82 Å². The summed E-state index contributed by atoms with van der Waals surface area (Å²) in [5.74, 6) is -0.948. The number of aromatic nitrogens is 4. The van der Waals surface area contributed by atoms with E-state index in [1.807, 2.05) is 5.43 Å². The Morgan fingerprint density at radius 2 is 1.85 bits per heavy atom. The molecule has 0 spiro atoms. The van der Waals surface area contributed by atoms with Gasteiger partial charge in [0.05, 0.1) is 6.20 Å². The summed E-state index contributed by atoms with van der Waals surface area (Å²) in [4.78, 5) is 14.7. The van der Waals surface area contributed by atoms with Gasteiger partial charge in [-0.25, -0.2) is 15.2 Å². The summed E-state index contributed by atoms with van der Waals surface area (Å²) in [7, 11) is 0. The monoisotopic (exact) mass is 394 g/mol. The van der Waals surface area contributed by atoms with Crippen molar-refractivity contribution in [2.45, 2.75) is 25.4 Å². The summed E-state index contributed by atoms with van der Waals surface area (Å²) < 4.78 is 82.8.